The summed E-state index contributed by atoms with van der Waals surface area (Å²) in [6, 6.07) is 15.0. The van der Waals surface area contributed by atoms with Gasteiger partial charge in [0.2, 0.25) is 0 Å². The van der Waals surface area contributed by atoms with Crippen molar-refractivity contribution < 1.29 is 8.42 Å². The van der Waals surface area contributed by atoms with Crippen LogP contribution in [0.1, 0.15) is 26.5 Å². The molecule has 0 atom stereocenters. The average Bonchev–Trinajstić information content (AvgIpc) is 3.32. The average molecular weight is 421 g/mol. The van der Waals surface area contributed by atoms with Crippen LogP contribution < -0.4 is 0 Å². The van der Waals surface area contributed by atoms with Crippen molar-refractivity contribution in [2.75, 3.05) is 6.26 Å². The lowest BCUT2D eigenvalue weighted by Gasteiger charge is -2.09. The number of aryl methyl sites for hydroxylation is 1. The smallest absolute Gasteiger partial charge is 0.175 e. The summed E-state index contributed by atoms with van der Waals surface area (Å²) < 4.78 is 27.2. The summed E-state index contributed by atoms with van der Waals surface area (Å²) in [6.45, 7) is 6.22. The van der Waals surface area contributed by atoms with Crippen molar-refractivity contribution in [3.63, 3.8) is 0 Å². The van der Waals surface area contributed by atoms with Crippen LogP contribution in [0.15, 0.2) is 65.2 Å². The third-order valence-corrected chi connectivity index (χ3v) is 6.08. The number of hydrogen-bond donors (Lipinski definition) is 0. The molecule has 30 heavy (non-hydrogen) atoms. The number of sulfone groups is 1. The van der Waals surface area contributed by atoms with E-state index in [1.807, 2.05) is 21.6 Å². The fraction of sp³-hybridized carbons (Fsp3) is 0.217. The van der Waals surface area contributed by atoms with Gasteiger partial charge < -0.3 is 0 Å². The minimum Gasteiger partial charge on any atom is -0.240 e. The number of allylic oxidation sites excluding steroid dienone is 1. The lowest BCUT2D eigenvalue weighted by Crippen LogP contribution is -2.01. The molecule has 0 unspecified atom stereocenters. The zero-order valence-electron chi connectivity index (χ0n) is 17.5. The van der Waals surface area contributed by atoms with E-state index in [0.717, 1.165) is 40.0 Å². The minimum absolute atomic E-state index is 0.291. The lowest BCUT2D eigenvalue weighted by molar-refractivity contribution is 0.602. The molecule has 0 aliphatic heterocycles. The Bertz CT molecular complexity index is 1360. The maximum atomic E-state index is 11.7. The SMILES string of the molecule is CCc1nn(C=C(C)C)c2cc(-c3ccnn3-c3ccc(S(C)(=O)=O)cc3)ccc12. The maximum Gasteiger partial charge on any atom is 0.175 e. The van der Waals surface area contributed by atoms with Crippen LogP contribution in [0.3, 0.4) is 0 Å². The molecule has 7 heteroatoms. The van der Waals surface area contributed by atoms with Crippen LogP contribution in [0.2, 0.25) is 0 Å². The highest BCUT2D eigenvalue weighted by Crippen LogP contribution is 2.29. The monoisotopic (exact) mass is 420 g/mol. The Morgan fingerprint density at radius 3 is 2.43 bits per heavy atom. The van der Waals surface area contributed by atoms with Gasteiger partial charge in [-0.1, -0.05) is 24.6 Å². The molecule has 0 N–H and O–H groups in total. The molecule has 0 saturated carbocycles. The second-order valence-electron chi connectivity index (χ2n) is 7.58. The number of nitrogens with zero attached hydrogens (tertiary/aromatic N) is 4. The predicted octanol–water partition coefficient (Wildman–Crippen LogP) is 4.74. The molecule has 4 rings (SSSR count). The number of aromatic nitrogens is 4. The molecule has 0 spiro atoms. The van der Waals surface area contributed by atoms with Crippen LogP contribution in [0.5, 0.6) is 0 Å². The van der Waals surface area contributed by atoms with Crippen molar-refractivity contribution >= 4 is 26.9 Å². The zero-order chi connectivity index (χ0) is 21.5. The maximum absolute atomic E-state index is 11.7. The molecule has 4 aromatic rings. The molecule has 0 radical (unpaired) electrons. The van der Waals surface area contributed by atoms with Gasteiger partial charge in [0.15, 0.2) is 9.84 Å². The molecule has 154 valence electrons. The van der Waals surface area contributed by atoms with Gasteiger partial charge in [-0.25, -0.2) is 17.8 Å². The number of benzene rings is 2. The Balaban J connectivity index is 1.83. The van der Waals surface area contributed by atoms with Gasteiger partial charge in [-0.15, -0.1) is 0 Å². The molecule has 0 aliphatic carbocycles. The topological polar surface area (TPSA) is 69.8 Å². The second kappa shape index (κ2) is 7.57. The van der Waals surface area contributed by atoms with Gasteiger partial charge in [0.25, 0.3) is 0 Å². The fourth-order valence-electron chi connectivity index (χ4n) is 3.53. The van der Waals surface area contributed by atoms with Crippen molar-refractivity contribution in [3.8, 4) is 16.9 Å². The number of fused-ring (bicyclic) bond motifs is 1. The molecule has 0 fully saturated rings. The third kappa shape index (κ3) is 3.68. The van der Waals surface area contributed by atoms with Gasteiger partial charge in [0.1, 0.15) is 0 Å². The largest absolute Gasteiger partial charge is 0.240 e. The van der Waals surface area contributed by atoms with Gasteiger partial charge in [-0.05, 0) is 56.7 Å². The standard InChI is InChI=1S/C23H24N4O2S/c1-5-21-20-11-6-17(14-23(20)26(25-21)15-16(2)3)22-12-13-24-27(22)18-7-9-19(10-8-18)30(4,28)29/h6-15H,5H2,1-4H3. The minimum atomic E-state index is -3.23. The van der Waals surface area contributed by atoms with E-state index in [4.69, 9.17) is 5.10 Å². The van der Waals surface area contributed by atoms with Crippen LogP contribution in [0, 0.1) is 0 Å². The van der Waals surface area contributed by atoms with Crippen LogP contribution in [-0.2, 0) is 16.3 Å². The lowest BCUT2D eigenvalue weighted by atomic mass is 10.1. The Morgan fingerprint density at radius 1 is 1.07 bits per heavy atom. The van der Waals surface area contributed by atoms with Crippen molar-refractivity contribution in [1.29, 1.82) is 0 Å². The van der Waals surface area contributed by atoms with Gasteiger partial charge in [-0.2, -0.15) is 10.2 Å². The van der Waals surface area contributed by atoms with Crippen LogP contribution in [-0.4, -0.2) is 34.2 Å². The van der Waals surface area contributed by atoms with E-state index in [-0.39, 0.29) is 0 Å². The van der Waals surface area contributed by atoms with Crippen LogP contribution >= 0.6 is 0 Å². The van der Waals surface area contributed by atoms with E-state index in [1.165, 1.54) is 11.8 Å². The first-order chi connectivity index (χ1) is 14.3. The number of rotatable bonds is 5. The van der Waals surface area contributed by atoms with Crippen molar-refractivity contribution in [3.05, 3.63) is 66.0 Å². The van der Waals surface area contributed by atoms with E-state index in [1.54, 1.807) is 30.5 Å². The molecule has 0 amide bonds. The highest BCUT2D eigenvalue weighted by atomic mass is 32.2. The molecule has 0 aliphatic rings. The fourth-order valence-corrected chi connectivity index (χ4v) is 4.16. The quantitative estimate of drug-likeness (QED) is 0.468. The summed E-state index contributed by atoms with van der Waals surface area (Å²) in [5.41, 5.74) is 6.02. The van der Waals surface area contributed by atoms with E-state index < -0.39 is 9.84 Å². The highest BCUT2D eigenvalue weighted by Gasteiger charge is 2.14. The normalized spacial score (nSPS) is 11.7. The summed E-state index contributed by atoms with van der Waals surface area (Å²) >= 11 is 0. The summed E-state index contributed by atoms with van der Waals surface area (Å²) in [6.07, 6.45) is 5.85. The zero-order valence-corrected chi connectivity index (χ0v) is 18.3. The van der Waals surface area contributed by atoms with E-state index in [9.17, 15) is 8.42 Å². The van der Waals surface area contributed by atoms with Crippen LogP contribution in [0.25, 0.3) is 34.0 Å². The first-order valence-corrected chi connectivity index (χ1v) is 11.7. The highest BCUT2D eigenvalue weighted by molar-refractivity contribution is 7.90. The Kier molecular flexibility index (Phi) is 5.07. The molecule has 0 saturated heterocycles. The van der Waals surface area contributed by atoms with E-state index >= 15 is 0 Å². The van der Waals surface area contributed by atoms with Gasteiger partial charge >= 0.3 is 0 Å². The Morgan fingerprint density at radius 2 is 1.80 bits per heavy atom. The summed E-state index contributed by atoms with van der Waals surface area (Å²) in [4.78, 5) is 0.291. The molecule has 0 bridgehead atoms. The van der Waals surface area contributed by atoms with Gasteiger partial charge in [0.05, 0.1) is 33.7 Å². The summed E-state index contributed by atoms with van der Waals surface area (Å²) in [5.74, 6) is 0. The first-order valence-electron chi connectivity index (χ1n) is 9.79. The molecule has 2 aromatic heterocycles. The molecule has 2 heterocycles. The van der Waals surface area contributed by atoms with Crippen molar-refractivity contribution in [1.82, 2.24) is 19.6 Å². The Hall–Kier alpha value is -3.19. The summed E-state index contributed by atoms with van der Waals surface area (Å²) in [7, 11) is -3.23. The molecule has 2 aromatic carbocycles. The third-order valence-electron chi connectivity index (χ3n) is 4.95. The Labute approximate surface area is 176 Å². The second-order valence-corrected chi connectivity index (χ2v) is 9.59. The van der Waals surface area contributed by atoms with Crippen molar-refractivity contribution in [2.45, 2.75) is 32.1 Å². The van der Waals surface area contributed by atoms with Crippen molar-refractivity contribution in [2.24, 2.45) is 0 Å². The van der Waals surface area contributed by atoms with E-state index in [2.05, 4.69) is 44.1 Å². The van der Waals surface area contributed by atoms with Crippen LogP contribution in [0.4, 0.5) is 0 Å². The number of hydrogen-bond acceptors (Lipinski definition) is 4. The summed E-state index contributed by atoms with van der Waals surface area (Å²) in [5, 5.41) is 10.3. The van der Waals surface area contributed by atoms with Gasteiger partial charge in [0, 0.05) is 23.4 Å². The van der Waals surface area contributed by atoms with E-state index in [0.29, 0.717) is 4.90 Å². The van der Waals surface area contributed by atoms with Gasteiger partial charge in [-0.3, -0.25) is 0 Å². The predicted molar refractivity (Wildman–Crippen MR) is 120 cm³/mol. The first kappa shape index (κ1) is 20.1. The molecule has 6 nitrogen and oxygen atoms in total. The molecular weight excluding hydrogens is 396 g/mol. The molecular formula is C23H24N4O2S.